The minimum Gasteiger partial charge on any atom is -0.449 e. The first kappa shape index (κ1) is 26.5. The zero-order valence-electron chi connectivity index (χ0n) is 22.5. The van der Waals surface area contributed by atoms with E-state index in [0.717, 1.165) is 16.6 Å². The molecule has 0 bridgehead atoms. The van der Waals surface area contributed by atoms with Crippen molar-refractivity contribution in [1.82, 2.24) is 5.32 Å². The molecule has 0 aromatic heterocycles. The first-order valence-electron chi connectivity index (χ1n) is 13.0. The van der Waals surface area contributed by atoms with Gasteiger partial charge >= 0.3 is 13.2 Å². The Hall–Kier alpha value is -3.06. The number of halogens is 1. The summed E-state index contributed by atoms with van der Waals surface area (Å²) in [5, 5.41) is 3.56. The third-order valence-electron chi connectivity index (χ3n) is 7.92. The molecule has 1 amide bonds. The van der Waals surface area contributed by atoms with Gasteiger partial charge in [0, 0.05) is 17.5 Å². The van der Waals surface area contributed by atoms with Crippen molar-refractivity contribution in [2.24, 2.45) is 0 Å². The highest BCUT2D eigenvalue weighted by molar-refractivity contribution is 6.56. The van der Waals surface area contributed by atoms with Crippen LogP contribution >= 0.6 is 11.6 Å². The Labute approximate surface area is 230 Å². The van der Waals surface area contributed by atoms with E-state index in [4.69, 9.17) is 25.6 Å². The molecule has 0 radical (unpaired) electrons. The van der Waals surface area contributed by atoms with Gasteiger partial charge in [-0.2, -0.15) is 0 Å². The van der Waals surface area contributed by atoms with Gasteiger partial charge in [-0.15, -0.1) is 0 Å². The second-order valence-electron chi connectivity index (χ2n) is 11.0. The van der Waals surface area contributed by atoms with E-state index in [-0.39, 0.29) is 19.1 Å². The Morgan fingerprint density at radius 3 is 2.16 bits per heavy atom. The van der Waals surface area contributed by atoms with Gasteiger partial charge in [0.1, 0.15) is 6.61 Å². The summed E-state index contributed by atoms with van der Waals surface area (Å²) in [5.74, 6) is 0.000342. The molecule has 7 heteroatoms. The molecule has 1 aliphatic carbocycles. The van der Waals surface area contributed by atoms with Crippen molar-refractivity contribution in [2.75, 3.05) is 13.2 Å². The SMILES string of the molecule is Cc1ccc(Cl)cc1C=C(CNC(=O)OCC1c2ccccc2-c2ccccc21)B1OC(C)(C)C(C)(C)O1. The van der Waals surface area contributed by atoms with Crippen LogP contribution in [0.25, 0.3) is 17.2 Å². The Morgan fingerprint density at radius 2 is 1.55 bits per heavy atom. The van der Waals surface area contributed by atoms with Crippen LogP contribution in [0.1, 0.15) is 55.9 Å². The first-order valence-corrected chi connectivity index (χ1v) is 13.3. The van der Waals surface area contributed by atoms with Crippen LogP contribution in [0.2, 0.25) is 5.02 Å². The number of hydrogen-bond donors (Lipinski definition) is 1. The number of aryl methyl sites for hydroxylation is 1. The van der Waals surface area contributed by atoms with E-state index < -0.39 is 24.4 Å². The Morgan fingerprint density at radius 1 is 0.974 bits per heavy atom. The van der Waals surface area contributed by atoms with Gasteiger partial charge in [0.05, 0.1) is 11.2 Å². The highest BCUT2D eigenvalue weighted by Crippen LogP contribution is 2.44. The summed E-state index contributed by atoms with van der Waals surface area (Å²) < 4.78 is 18.4. The molecule has 38 heavy (non-hydrogen) atoms. The molecule has 2 aliphatic rings. The van der Waals surface area contributed by atoms with E-state index in [0.29, 0.717) is 5.02 Å². The van der Waals surface area contributed by atoms with Crippen molar-refractivity contribution >= 4 is 30.9 Å². The van der Waals surface area contributed by atoms with Crippen LogP contribution in [-0.4, -0.2) is 37.6 Å². The predicted octanol–water partition coefficient (Wildman–Crippen LogP) is 7.20. The van der Waals surface area contributed by atoms with Crippen LogP contribution in [0.5, 0.6) is 0 Å². The van der Waals surface area contributed by atoms with E-state index in [1.807, 2.05) is 83.2 Å². The number of carbonyl (C=O) groups excluding carboxylic acids is 1. The number of benzene rings is 3. The van der Waals surface area contributed by atoms with Crippen LogP contribution in [0.4, 0.5) is 4.79 Å². The maximum Gasteiger partial charge on any atom is 0.492 e. The predicted molar refractivity (Wildman–Crippen MR) is 153 cm³/mol. The summed E-state index contributed by atoms with van der Waals surface area (Å²) in [4.78, 5) is 12.9. The topological polar surface area (TPSA) is 56.8 Å². The van der Waals surface area contributed by atoms with E-state index in [1.165, 1.54) is 22.3 Å². The summed E-state index contributed by atoms with van der Waals surface area (Å²) in [6.45, 7) is 10.5. The lowest BCUT2D eigenvalue weighted by Crippen LogP contribution is -2.41. The van der Waals surface area contributed by atoms with Crippen LogP contribution in [0, 0.1) is 6.92 Å². The van der Waals surface area contributed by atoms with Crippen LogP contribution in [0.3, 0.4) is 0 Å². The lowest BCUT2D eigenvalue weighted by Gasteiger charge is -2.32. The molecule has 0 spiro atoms. The summed E-state index contributed by atoms with van der Waals surface area (Å²) >= 11 is 6.27. The zero-order valence-corrected chi connectivity index (χ0v) is 23.3. The molecule has 3 aromatic carbocycles. The minimum atomic E-state index is -0.618. The highest BCUT2D eigenvalue weighted by Gasteiger charge is 2.52. The van der Waals surface area contributed by atoms with Crippen molar-refractivity contribution < 1.29 is 18.8 Å². The van der Waals surface area contributed by atoms with Crippen molar-refractivity contribution in [3.63, 3.8) is 0 Å². The Kier molecular flexibility index (Phi) is 7.16. The molecule has 1 N–H and O–H groups in total. The van der Waals surface area contributed by atoms with Gasteiger partial charge in [0.2, 0.25) is 0 Å². The van der Waals surface area contributed by atoms with Crippen LogP contribution in [0.15, 0.2) is 72.2 Å². The molecule has 0 saturated carbocycles. The molecular formula is C31H33BClNO4. The van der Waals surface area contributed by atoms with Gasteiger partial charge < -0.3 is 19.4 Å². The molecule has 5 nitrogen and oxygen atoms in total. The molecule has 0 atom stereocenters. The molecule has 1 heterocycles. The standard InChI is InChI=1S/C31H33BClNO4/c1-20-14-15-23(33)17-21(20)16-22(32-37-30(2,3)31(4,5)38-32)18-34-29(35)36-19-28-26-12-8-6-10-24(26)25-11-7-9-13-27(25)28/h6-17,28H,18-19H2,1-5H3,(H,34,35). The third-order valence-corrected chi connectivity index (χ3v) is 8.15. The average Bonchev–Trinajstić information content (AvgIpc) is 3.31. The second-order valence-corrected chi connectivity index (χ2v) is 11.4. The molecule has 3 aromatic rings. The smallest absolute Gasteiger partial charge is 0.449 e. The van der Waals surface area contributed by atoms with Crippen molar-refractivity contribution in [2.45, 2.75) is 51.7 Å². The number of fused-ring (bicyclic) bond motifs is 3. The first-order chi connectivity index (χ1) is 18.1. The summed E-state index contributed by atoms with van der Waals surface area (Å²) in [6.07, 6.45) is 1.49. The number of amides is 1. The summed E-state index contributed by atoms with van der Waals surface area (Å²) in [7, 11) is -0.618. The molecule has 1 saturated heterocycles. The number of rotatable bonds is 6. The highest BCUT2D eigenvalue weighted by atomic mass is 35.5. The maximum absolute atomic E-state index is 12.9. The minimum absolute atomic E-state index is 0.000342. The summed E-state index contributed by atoms with van der Waals surface area (Å²) in [5.41, 5.74) is 6.50. The number of nitrogens with one attached hydrogen (secondary N) is 1. The fourth-order valence-corrected chi connectivity index (χ4v) is 5.17. The van der Waals surface area contributed by atoms with E-state index >= 15 is 0 Å². The fraction of sp³-hybridized carbons (Fsp3) is 0.323. The normalized spacial score (nSPS) is 17.7. The van der Waals surface area contributed by atoms with Crippen molar-refractivity contribution in [3.8, 4) is 11.1 Å². The van der Waals surface area contributed by atoms with Gasteiger partial charge in [-0.25, -0.2) is 4.79 Å². The molecule has 1 aliphatic heterocycles. The molecule has 5 rings (SSSR count). The van der Waals surface area contributed by atoms with Gasteiger partial charge in [0.15, 0.2) is 0 Å². The lowest BCUT2D eigenvalue weighted by atomic mass is 9.76. The molecule has 0 unspecified atom stereocenters. The van der Waals surface area contributed by atoms with Gasteiger partial charge in [-0.3, -0.25) is 0 Å². The number of ether oxygens (including phenoxy) is 1. The molecule has 1 fully saturated rings. The van der Waals surface area contributed by atoms with Gasteiger partial charge in [-0.1, -0.05) is 72.3 Å². The third kappa shape index (κ3) is 5.13. The number of alkyl carbamates (subject to hydrolysis) is 1. The Bertz CT molecular complexity index is 1340. The fourth-order valence-electron chi connectivity index (χ4n) is 4.99. The average molecular weight is 530 g/mol. The second kappa shape index (κ2) is 10.3. The monoisotopic (exact) mass is 529 g/mol. The quantitative estimate of drug-likeness (QED) is 0.343. The lowest BCUT2D eigenvalue weighted by molar-refractivity contribution is 0.00578. The van der Waals surface area contributed by atoms with Crippen LogP contribution in [-0.2, 0) is 14.0 Å². The van der Waals surface area contributed by atoms with E-state index in [1.54, 1.807) is 0 Å². The maximum atomic E-state index is 12.9. The van der Waals surface area contributed by atoms with Crippen LogP contribution < -0.4 is 5.32 Å². The van der Waals surface area contributed by atoms with E-state index in [9.17, 15) is 4.79 Å². The Balaban J connectivity index is 1.31. The number of hydrogen-bond acceptors (Lipinski definition) is 4. The van der Waals surface area contributed by atoms with Gasteiger partial charge in [-0.05, 0) is 85.6 Å². The van der Waals surface area contributed by atoms with Crippen molar-refractivity contribution in [1.29, 1.82) is 0 Å². The zero-order chi connectivity index (χ0) is 27.1. The molecular weight excluding hydrogens is 497 g/mol. The van der Waals surface area contributed by atoms with E-state index in [2.05, 4.69) is 29.6 Å². The number of carbonyl (C=O) groups is 1. The van der Waals surface area contributed by atoms with Crippen molar-refractivity contribution in [3.05, 3.63) is 99.5 Å². The molecule has 196 valence electrons. The van der Waals surface area contributed by atoms with Gasteiger partial charge in [0.25, 0.3) is 0 Å². The summed E-state index contributed by atoms with van der Waals surface area (Å²) in [6, 6.07) is 22.3. The largest absolute Gasteiger partial charge is 0.492 e.